The summed E-state index contributed by atoms with van der Waals surface area (Å²) in [5.74, 6) is 2.51. The lowest BCUT2D eigenvalue weighted by Gasteiger charge is -2.55. The van der Waals surface area contributed by atoms with Crippen LogP contribution in [0.5, 0.6) is 0 Å². The molecular formula is C19H24O2. The number of ketones is 2. The van der Waals surface area contributed by atoms with Gasteiger partial charge in [-0.3, -0.25) is 9.59 Å². The molecular weight excluding hydrogens is 260 g/mol. The average Bonchev–Trinajstić information content (AvgIpc) is 2.76. The van der Waals surface area contributed by atoms with Gasteiger partial charge in [-0.15, -0.1) is 0 Å². The molecule has 4 aliphatic rings. The largest absolute Gasteiger partial charge is 0.299 e. The van der Waals surface area contributed by atoms with Crippen molar-refractivity contribution in [2.45, 2.75) is 52.4 Å². The normalized spacial score (nSPS) is 48.5. The Morgan fingerprint density at radius 1 is 1.05 bits per heavy atom. The molecule has 3 fully saturated rings. The minimum Gasteiger partial charge on any atom is -0.299 e. The Morgan fingerprint density at radius 2 is 1.86 bits per heavy atom. The first-order valence-electron chi connectivity index (χ1n) is 8.43. The minimum absolute atomic E-state index is 0.0487. The molecule has 0 heterocycles. The summed E-state index contributed by atoms with van der Waals surface area (Å²) in [6.45, 7) is 4.54. The predicted molar refractivity (Wildman–Crippen MR) is 81.6 cm³/mol. The smallest absolute Gasteiger partial charge is 0.178 e. The van der Waals surface area contributed by atoms with Crippen LogP contribution in [0.4, 0.5) is 0 Å². The Bertz CT molecular complexity index is 584. The van der Waals surface area contributed by atoms with Gasteiger partial charge in [-0.2, -0.15) is 0 Å². The van der Waals surface area contributed by atoms with Crippen LogP contribution in [0.25, 0.3) is 0 Å². The van der Waals surface area contributed by atoms with Crippen molar-refractivity contribution in [3.8, 4) is 0 Å². The Balaban J connectivity index is 1.72. The lowest BCUT2D eigenvalue weighted by atomic mass is 9.48. The van der Waals surface area contributed by atoms with Gasteiger partial charge in [-0.1, -0.05) is 25.5 Å². The van der Waals surface area contributed by atoms with Gasteiger partial charge in [-0.05, 0) is 62.0 Å². The molecule has 0 saturated heterocycles. The lowest BCUT2D eigenvalue weighted by Crippen LogP contribution is -2.49. The monoisotopic (exact) mass is 284 g/mol. The molecule has 3 saturated carbocycles. The SMILES string of the molecule is C[C@@]12CC[C@@H]3[C@H](CCC4=CC(=O)C=C[C@]43C)[C@H]1CCC2=O. The first kappa shape index (κ1) is 13.5. The van der Waals surface area contributed by atoms with Gasteiger partial charge in [0.25, 0.3) is 0 Å². The summed E-state index contributed by atoms with van der Waals surface area (Å²) in [6, 6.07) is 0. The van der Waals surface area contributed by atoms with Crippen molar-refractivity contribution in [1.82, 2.24) is 0 Å². The van der Waals surface area contributed by atoms with Gasteiger partial charge in [-0.25, -0.2) is 0 Å². The molecule has 4 aliphatic carbocycles. The van der Waals surface area contributed by atoms with Crippen molar-refractivity contribution in [2.24, 2.45) is 28.6 Å². The molecule has 0 aromatic carbocycles. The van der Waals surface area contributed by atoms with E-state index in [9.17, 15) is 9.59 Å². The maximum atomic E-state index is 12.3. The maximum absolute atomic E-state index is 12.3. The molecule has 5 atom stereocenters. The molecule has 2 nitrogen and oxygen atoms in total. The number of rotatable bonds is 0. The quantitative estimate of drug-likeness (QED) is 0.677. The van der Waals surface area contributed by atoms with E-state index in [1.54, 1.807) is 6.08 Å². The molecule has 0 radical (unpaired) electrons. The molecule has 0 bridgehead atoms. The topological polar surface area (TPSA) is 34.1 Å². The third-order valence-electron chi connectivity index (χ3n) is 7.27. The summed E-state index contributed by atoms with van der Waals surface area (Å²) >= 11 is 0. The van der Waals surface area contributed by atoms with Crippen molar-refractivity contribution in [1.29, 1.82) is 0 Å². The summed E-state index contributed by atoms with van der Waals surface area (Å²) in [7, 11) is 0. The summed E-state index contributed by atoms with van der Waals surface area (Å²) in [4.78, 5) is 24.0. The molecule has 0 aromatic rings. The van der Waals surface area contributed by atoms with Crippen LogP contribution in [0.3, 0.4) is 0 Å². The highest BCUT2D eigenvalue weighted by atomic mass is 16.1. The van der Waals surface area contributed by atoms with Crippen molar-refractivity contribution in [3.63, 3.8) is 0 Å². The fourth-order valence-electron chi connectivity index (χ4n) is 5.97. The third kappa shape index (κ3) is 1.65. The average molecular weight is 284 g/mol. The van der Waals surface area contributed by atoms with Crippen LogP contribution in [0.2, 0.25) is 0 Å². The molecule has 4 rings (SSSR count). The van der Waals surface area contributed by atoms with Crippen molar-refractivity contribution in [3.05, 3.63) is 23.8 Å². The summed E-state index contributed by atoms with van der Waals surface area (Å²) in [5, 5.41) is 0. The minimum atomic E-state index is -0.0487. The number of Topliss-reactive ketones (excluding diaryl/α,β-unsaturated/α-hetero) is 1. The van der Waals surface area contributed by atoms with Gasteiger partial charge in [0.1, 0.15) is 5.78 Å². The highest BCUT2D eigenvalue weighted by Gasteiger charge is 2.58. The summed E-state index contributed by atoms with van der Waals surface area (Å²) in [5.41, 5.74) is 1.35. The van der Waals surface area contributed by atoms with Gasteiger partial charge in [0.05, 0.1) is 0 Å². The number of hydrogen-bond acceptors (Lipinski definition) is 2. The molecule has 0 amide bonds. The number of fused-ring (bicyclic) bond motifs is 5. The van der Waals surface area contributed by atoms with E-state index < -0.39 is 0 Å². The van der Waals surface area contributed by atoms with Gasteiger partial charge in [0.15, 0.2) is 5.78 Å². The van der Waals surface area contributed by atoms with Crippen molar-refractivity contribution >= 4 is 11.6 Å². The van der Waals surface area contributed by atoms with Crippen LogP contribution >= 0.6 is 0 Å². The summed E-state index contributed by atoms with van der Waals surface area (Å²) < 4.78 is 0. The second-order valence-electron chi connectivity index (χ2n) is 8.02. The van der Waals surface area contributed by atoms with E-state index >= 15 is 0 Å². The molecule has 0 aliphatic heterocycles. The molecule has 0 aromatic heterocycles. The van der Waals surface area contributed by atoms with E-state index in [-0.39, 0.29) is 16.6 Å². The maximum Gasteiger partial charge on any atom is 0.178 e. The van der Waals surface area contributed by atoms with Gasteiger partial charge in [0, 0.05) is 17.3 Å². The zero-order valence-corrected chi connectivity index (χ0v) is 13.0. The zero-order chi connectivity index (χ0) is 14.8. The molecule has 0 N–H and O–H groups in total. The third-order valence-corrected chi connectivity index (χ3v) is 7.27. The summed E-state index contributed by atoms with van der Waals surface area (Å²) in [6.07, 6.45) is 12.1. The molecule has 0 unspecified atom stereocenters. The van der Waals surface area contributed by atoms with E-state index in [0.29, 0.717) is 23.5 Å². The molecule has 2 heteroatoms. The van der Waals surface area contributed by atoms with Crippen LogP contribution in [0.15, 0.2) is 23.8 Å². The second-order valence-corrected chi connectivity index (χ2v) is 8.02. The lowest BCUT2D eigenvalue weighted by molar-refractivity contribution is -0.131. The van der Waals surface area contributed by atoms with E-state index in [2.05, 4.69) is 19.9 Å². The molecule has 112 valence electrons. The number of allylic oxidation sites excluding steroid dienone is 4. The van der Waals surface area contributed by atoms with Crippen LogP contribution in [-0.2, 0) is 9.59 Å². The Labute approximate surface area is 126 Å². The van der Waals surface area contributed by atoms with Crippen LogP contribution in [0.1, 0.15) is 52.4 Å². The van der Waals surface area contributed by atoms with Gasteiger partial charge in [0.2, 0.25) is 0 Å². The van der Waals surface area contributed by atoms with Gasteiger partial charge < -0.3 is 0 Å². The highest BCUT2D eigenvalue weighted by molar-refractivity contribution is 6.01. The van der Waals surface area contributed by atoms with Crippen LogP contribution < -0.4 is 0 Å². The standard InChI is InChI=1S/C19H24O2/c1-18-9-7-13(20)11-12(18)3-4-14-15-5-6-17(21)19(15,2)10-8-16(14)18/h7,9,11,14-16H,3-6,8,10H2,1-2H3/t14-,15-,16-,18-,19-/m1/s1. The zero-order valence-electron chi connectivity index (χ0n) is 13.0. The first-order valence-corrected chi connectivity index (χ1v) is 8.43. The Kier molecular flexibility index (Phi) is 2.68. The van der Waals surface area contributed by atoms with Crippen molar-refractivity contribution in [2.75, 3.05) is 0 Å². The van der Waals surface area contributed by atoms with E-state index in [1.807, 2.05) is 6.08 Å². The Hall–Kier alpha value is -1.18. The van der Waals surface area contributed by atoms with Gasteiger partial charge >= 0.3 is 0 Å². The molecule has 0 spiro atoms. The van der Waals surface area contributed by atoms with Crippen LogP contribution in [-0.4, -0.2) is 11.6 Å². The second kappa shape index (κ2) is 4.18. The Morgan fingerprint density at radius 3 is 2.67 bits per heavy atom. The van der Waals surface area contributed by atoms with Crippen LogP contribution in [0, 0.1) is 28.6 Å². The highest BCUT2D eigenvalue weighted by Crippen LogP contribution is 2.63. The van der Waals surface area contributed by atoms with Crippen molar-refractivity contribution < 1.29 is 9.59 Å². The van der Waals surface area contributed by atoms with E-state index in [0.717, 1.165) is 32.1 Å². The van der Waals surface area contributed by atoms with E-state index in [4.69, 9.17) is 0 Å². The number of hydrogen-bond donors (Lipinski definition) is 0. The molecule has 21 heavy (non-hydrogen) atoms. The predicted octanol–water partition coefficient (Wildman–Crippen LogP) is 3.86. The number of carbonyl (C=O) groups is 2. The number of carbonyl (C=O) groups excluding carboxylic acids is 2. The van der Waals surface area contributed by atoms with E-state index in [1.165, 1.54) is 12.0 Å². The fourth-order valence-corrected chi connectivity index (χ4v) is 5.97. The first-order chi connectivity index (χ1) is 9.95. The fraction of sp³-hybridized carbons (Fsp3) is 0.684.